The Morgan fingerprint density at radius 1 is 0.593 bits per heavy atom. The summed E-state index contributed by atoms with van der Waals surface area (Å²) in [6, 6.07) is 25.7. The van der Waals surface area contributed by atoms with Crippen LogP contribution < -0.4 is 5.73 Å². The highest BCUT2D eigenvalue weighted by molar-refractivity contribution is 5.39. The Bertz CT molecular complexity index is 658. The lowest BCUT2D eigenvalue weighted by Gasteiger charge is -1.94. The van der Waals surface area contributed by atoms with E-state index in [1.54, 1.807) is 12.1 Å². The third kappa shape index (κ3) is 10.8. The minimum atomic E-state index is 0. The number of phenols is 1. The highest BCUT2D eigenvalue weighted by Crippen LogP contribution is 2.09. The van der Waals surface area contributed by atoms with Gasteiger partial charge in [-0.25, -0.2) is 0 Å². The van der Waals surface area contributed by atoms with E-state index in [9.17, 15) is 0 Å². The molecule has 0 heterocycles. The second-order valence-electron chi connectivity index (χ2n) is 5.95. The van der Waals surface area contributed by atoms with Gasteiger partial charge in [0.2, 0.25) is 0 Å². The standard InChI is InChI=1S/C8H11N.C8H10O.C8H10.CH4/c2*1-2-7-3-5-8(9)6-4-7;1-2-8-6-4-3-5-7-8;/h3-6H,2,9H2,1H3;3-6,9H,2H2,1H3;3-7H,2H2,1H3;1H4. The number of nitrogens with two attached hydrogens (primary N) is 1. The summed E-state index contributed by atoms with van der Waals surface area (Å²) in [5.74, 6) is 0.340. The molecular formula is C25H35NO. The molecule has 0 aliphatic carbocycles. The second-order valence-corrected chi connectivity index (χ2v) is 5.95. The molecule has 27 heavy (non-hydrogen) atoms. The molecule has 0 saturated heterocycles. The lowest BCUT2D eigenvalue weighted by Crippen LogP contribution is -1.84. The molecule has 3 N–H and O–H groups in total. The molecule has 0 unspecified atom stereocenters. The third-order valence-corrected chi connectivity index (χ3v) is 3.98. The van der Waals surface area contributed by atoms with Crippen LogP contribution in [-0.2, 0) is 19.3 Å². The highest BCUT2D eigenvalue weighted by Gasteiger charge is 1.87. The summed E-state index contributed by atoms with van der Waals surface area (Å²) in [5.41, 5.74) is 10.3. The fourth-order valence-electron chi connectivity index (χ4n) is 2.20. The molecular weight excluding hydrogens is 330 g/mol. The zero-order chi connectivity index (χ0) is 19.2. The van der Waals surface area contributed by atoms with Crippen LogP contribution in [0.1, 0.15) is 44.9 Å². The number of benzene rings is 3. The Labute approximate surface area is 165 Å². The molecule has 3 rings (SSSR count). The fraction of sp³-hybridized carbons (Fsp3) is 0.280. The normalized spacial score (nSPS) is 9.00. The molecule has 146 valence electrons. The molecule has 0 spiro atoms. The van der Waals surface area contributed by atoms with E-state index in [0.29, 0.717) is 5.75 Å². The van der Waals surface area contributed by atoms with Crippen molar-refractivity contribution >= 4 is 5.69 Å². The van der Waals surface area contributed by atoms with Crippen LogP contribution in [0, 0.1) is 0 Å². The van der Waals surface area contributed by atoms with Crippen molar-refractivity contribution in [1.82, 2.24) is 0 Å². The summed E-state index contributed by atoms with van der Waals surface area (Å²) >= 11 is 0. The maximum Gasteiger partial charge on any atom is 0.115 e. The van der Waals surface area contributed by atoms with Crippen molar-refractivity contribution in [2.45, 2.75) is 47.5 Å². The summed E-state index contributed by atoms with van der Waals surface area (Å²) < 4.78 is 0. The summed E-state index contributed by atoms with van der Waals surface area (Å²) in [6.07, 6.45) is 3.25. The quantitative estimate of drug-likeness (QED) is 0.509. The number of nitrogen functional groups attached to an aromatic ring is 1. The first kappa shape index (κ1) is 24.3. The average molecular weight is 366 g/mol. The lowest BCUT2D eigenvalue weighted by molar-refractivity contribution is 0.475. The van der Waals surface area contributed by atoms with Crippen LogP contribution in [0.2, 0.25) is 0 Å². The topological polar surface area (TPSA) is 46.2 Å². The minimum absolute atomic E-state index is 0. The predicted octanol–water partition coefficient (Wildman–Crippen LogP) is 6.67. The lowest BCUT2D eigenvalue weighted by atomic mass is 10.2. The van der Waals surface area contributed by atoms with Gasteiger partial charge in [0.05, 0.1) is 0 Å². The first-order chi connectivity index (χ1) is 12.6. The highest BCUT2D eigenvalue weighted by atomic mass is 16.3. The Morgan fingerprint density at radius 3 is 1.33 bits per heavy atom. The summed E-state index contributed by atoms with van der Waals surface area (Å²) in [5, 5.41) is 8.85. The van der Waals surface area contributed by atoms with Gasteiger partial charge in [0.25, 0.3) is 0 Å². The van der Waals surface area contributed by atoms with E-state index in [1.165, 1.54) is 16.7 Å². The SMILES string of the molecule is C.CCc1ccc(N)cc1.CCc1ccc(O)cc1.CCc1ccccc1. The van der Waals surface area contributed by atoms with Crippen LogP contribution >= 0.6 is 0 Å². The molecule has 0 atom stereocenters. The number of hydrogen-bond acceptors (Lipinski definition) is 2. The van der Waals surface area contributed by atoms with E-state index >= 15 is 0 Å². The van der Waals surface area contributed by atoms with Gasteiger partial charge in [-0.2, -0.15) is 0 Å². The Hall–Kier alpha value is -2.74. The van der Waals surface area contributed by atoms with E-state index in [2.05, 4.69) is 57.2 Å². The van der Waals surface area contributed by atoms with Crippen molar-refractivity contribution in [2.75, 3.05) is 5.73 Å². The predicted molar refractivity (Wildman–Crippen MR) is 120 cm³/mol. The molecule has 0 bridgehead atoms. The number of anilines is 1. The first-order valence-electron chi connectivity index (χ1n) is 9.25. The number of aromatic hydroxyl groups is 1. The van der Waals surface area contributed by atoms with Crippen LogP contribution in [0.3, 0.4) is 0 Å². The van der Waals surface area contributed by atoms with E-state index in [0.717, 1.165) is 24.9 Å². The second kappa shape index (κ2) is 14.4. The van der Waals surface area contributed by atoms with E-state index in [-0.39, 0.29) is 7.43 Å². The maximum absolute atomic E-state index is 8.85. The number of phenolic OH excluding ortho intramolecular Hbond substituents is 1. The van der Waals surface area contributed by atoms with E-state index in [1.807, 2.05) is 30.3 Å². The van der Waals surface area contributed by atoms with E-state index in [4.69, 9.17) is 10.8 Å². The molecule has 0 aliphatic heterocycles. The molecule has 0 amide bonds. The molecule has 0 aliphatic rings. The van der Waals surface area contributed by atoms with Gasteiger partial charge < -0.3 is 10.8 Å². The van der Waals surface area contributed by atoms with Gasteiger partial charge in [0.1, 0.15) is 5.75 Å². The van der Waals surface area contributed by atoms with Crippen LogP contribution in [0.5, 0.6) is 5.75 Å². The number of rotatable bonds is 3. The maximum atomic E-state index is 8.85. The molecule has 0 radical (unpaired) electrons. The molecule has 2 heteroatoms. The third-order valence-electron chi connectivity index (χ3n) is 3.98. The monoisotopic (exact) mass is 365 g/mol. The molecule has 3 aromatic carbocycles. The number of aryl methyl sites for hydroxylation is 3. The van der Waals surface area contributed by atoms with Crippen LogP contribution in [-0.4, -0.2) is 5.11 Å². The minimum Gasteiger partial charge on any atom is -0.508 e. The van der Waals surface area contributed by atoms with Gasteiger partial charge in [-0.3, -0.25) is 0 Å². The van der Waals surface area contributed by atoms with Crippen molar-refractivity contribution in [3.05, 3.63) is 95.6 Å². The summed E-state index contributed by atoms with van der Waals surface area (Å²) in [7, 11) is 0. The Kier molecular flexibility index (Phi) is 13.0. The smallest absolute Gasteiger partial charge is 0.115 e. The summed E-state index contributed by atoms with van der Waals surface area (Å²) in [6.45, 7) is 6.38. The average Bonchev–Trinajstić information content (AvgIpc) is 2.71. The first-order valence-corrected chi connectivity index (χ1v) is 9.25. The van der Waals surface area contributed by atoms with Crippen molar-refractivity contribution in [3.63, 3.8) is 0 Å². The molecule has 0 saturated carbocycles. The van der Waals surface area contributed by atoms with Gasteiger partial charge in [-0.1, -0.05) is 82.8 Å². The fourth-order valence-corrected chi connectivity index (χ4v) is 2.20. The van der Waals surface area contributed by atoms with Gasteiger partial charge in [-0.05, 0) is 60.2 Å². The largest absolute Gasteiger partial charge is 0.508 e. The van der Waals surface area contributed by atoms with E-state index < -0.39 is 0 Å². The van der Waals surface area contributed by atoms with Gasteiger partial charge in [-0.15, -0.1) is 0 Å². The van der Waals surface area contributed by atoms with Crippen molar-refractivity contribution < 1.29 is 5.11 Å². The molecule has 3 aromatic rings. The zero-order valence-corrected chi connectivity index (χ0v) is 16.2. The van der Waals surface area contributed by atoms with Gasteiger partial charge in [0.15, 0.2) is 0 Å². The summed E-state index contributed by atoms with van der Waals surface area (Å²) in [4.78, 5) is 0. The number of hydrogen-bond donors (Lipinski definition) is 2. The van der Waals surface area contributed by atoms with Crippen LogP contribution in [0.15, 0.2) is 78.9 Å². The van der Waals surface area contributed by atoms with Crippen molar-refractivity contribution in [1.29, 1.82) is 0 Å². The van der Waals surface area contributed by atoms with Gasteiger partial charge in [0, 0.05) is 5.69 Å². The van der Waals surface area contributed by atoms with Crippen LogP contribution in [0.25, 0.3) is 0 Å². The molecule has 0 aromatic heterocycles. The Balaban J connectivity index is 0.000000369. The zero-order valence-electron chi connectivity index (χ0n) is 16.2. The van der Waals surface area contributed by atoms with Gasteiger partial charge >= 0.3 is 0 Å². The molecule has 0 fully saturated rings. The molecule has 2 nitrogen and oxygen atoms in total. The van der Waals surface area contributed by atoms with Crippen molar-refractivity contribution in [2.24, 2.45) is 0 Å². The Morgan fingerprint density at radius 2 is 0.963 bits per heavy atom. The van der Waals surface area contributed by atoms with Crippen molar-refractivity contribution in [3.8, 4) is 5.75 Å². The van der Waals surface area contributed by atoms with Crippen LogP contribution in [0.4, 0.5) is 5.69 Å².